The minimum Gasteiger partial charge on any atom is -0.289 e. The Kier molecular flexibility index (Phi) is 2.51. The number of allylic oxidation sites excluding steroid dienone is 1. The number of benzene rings is 1. The van der Waals surface area contributed by atoms with Gasteiger partial charge in [0.1, 0.15) is 5.82 Å². The van der Waals surface area contributed by atoms with Crippen molar-refractivity contribution in [3.63, 3.8) is 0 Å². The molecule has 1 aromatic rings. The van der Waals surface area contributed by atoms with Crippen molar-refractivity contribution in [2.45, 2.75) is 0 Å². The van der Waals surface area contributed by atoms with Gasteiger partial charge < -0.3 is 0 Å². The molecule has 0 aliphatic rings. The number of carbonyl (C=O) groups is 1. The fraction of sp³-hybridized carbons (Fsp3) is 0. The van der Waals surface area contributed by atoms with Crippen molar-refractivity contribution in [1.29, 1.82) is 0 Å². The number of halogens is 3. The first kappa shape index (κ1) is 9.51. The molecule has 0 unspecified atom stereocenters. The number of carbonyl (C=O) groups excluding carboxylic acids is 1. The van der Waals surface area contributed by atoms with Crippen LogP contribution in [0.2, 0.25) is 0 Å². The molecule has 1 rings (SSSR count). The summed E-state index contributed by atoms with van der Waals surface area (Å²) in [5.74, 6) is -4.81. The van der Waals surface area contributed by atoms with Gasteiger partial charge in [-0.1, -0.05) is 6.58 Å². The van der Waals surface area contributed by atoms with E-state index in [0.717, 1.165) is 6.08 Å². The molecule has 0 amide bonds. The molecule has 68 valence electrons. The fourth-order valence-corrected chi connectivity index (χ4v) is 0.855. The topological polar surface area (TPSA) is 17.1 Å². The molecule has 0 spiro atoms. The maximum atomic E-state index is 12.8. The van der Waals surface area contributed by atoms with Crippen molar-refractivity contribution in [3.05, 3.63) is 47.8 Å². The monoisotopic (exact) mass is 186 g/mol. The van der Waals surface area contributed by atoms with E-state index in [1.54, 1.807) is 0 Å². The van der Waals surface area contributed by atoms with Crippen LogP contribution in [0.4, 0.5) is 13.2 Å². The van der Waals surface area contributed by atoms with Gasteiger partial charge in [0.25, 0.3) is 0 Å². The van der Waals surface area contributed by atoms with Crippen LogP contribution in [0, 0.1) is 17.5 Å². The molecule has 4 heteroatoms. The summed E-state index contributed by atoms with van der Waals surface area (Å²) >= 11 is 0. The molecule has 0 radical (unpaired) electrons. The van der Waals surface area contributed by atoms with Crippen LogP contribution in [0.3, 0.4) is 0 Å². The summed E-state index contributed by atoms with van der Waals surface area (Å²) < 4.78 is 38.1. The summed E-state index contributed by atoms with van der Waals surface area (Å²) in [6.07, 6.45) is 0.723. The van der Waals surface area contributed by atoms with Crippen molar-refractivity contribution in [2.75, 3.05) is 0 Å². The molecule has 0 aliphatic heterocycles. The Hall–Kier alpha value is -1.58. The number of ketones is 1. The molecule has 0 saturated carbocycles. The summed E-state index contributed by atoms with van der Waals surface area (Å²) in [4.78, 5) is 10.8. The average molecular weight is 186 g/mol. The summed E-state index contributed by atoms with van der Waals surface area (Å²) in [6, 6.07) is 1.31. The van der Waals surface area contributed by atoms with E-state index in [2.05, 4.69) is 6.58 Å². The fourth-order valence-electron chi connectivity index (χ4n) is 0.855. The van der Waals surface area contributed by atoms with Gasteiger partial charge >= 0.3 is 0 Å². The zero-order valence-electron chi connectivity index (χ0n) is 6.48. The second-order valence-electron chi connectivity index (χ2n) is 2.29. The Morgan fingerprint density at radius 1 is 1.23 bits per heavy atom. The van der Waals surface area contributed by atoms with E-state index >= 15 is 0 Å². The van der Waals surface area contributed by atoms with Gasteiger partial charge in [-0.3, -0.25) is 4.79 Å². The Balaban J connectivity index is 3.41. The average Bonchev–Trinajstić information content (AvgIpc) is 2.12. The van der Waals surface area contributed by atoms with Gasteiger partial charge in [0.15, 0.2) is 17.4 Å². The summed E-state index contributed by atoms with van der Waals surface area (Å²) in [5.41, 5.74) is -0.907. The number of hydrogen-bond acceptors (Lipinski definition) is 1. The van der Waals surface area contributed by atoms with Crippen LogP contribution >= 0.6 is 0 Å². The van der Waals surface area contributed by atoms with Crippen molar-refractivity contribution < 1.29 is 18.0 Å². The van der Waals surface area contributed by atoms with Crippen LogP contribution < -0.4 is 0 Å². The van der Waals surface area contributed by atoms with Gasteiger partial charge in [0, 0.05) is 0 Å². The van der Waals surface area contributed by atoms with Gasteiger partial charge in [-0.15, -0.1) is 0 Å². The van der Waals surface area contributed by atoms with Gasteiger partial charge in [-0.05, 0) is 18.2 Å². The third-order valence-corrected chi connectivity index (χ3v) is 1.48. The van der Waals surface area contributed by atoms with Crippen LogP contribution in [0.25, 0.3) is 0 Å². The molecule has 1 aromatic carbocycles. The van der Waals surface area contributed by atoms with Crippen LogP contribution in [0.1, 0.15) is 10.4 Å². The Morgan fingerprint density at radius 2 is 1.77 bits per heavy atom. The Bertz CT molecular complexity index is 371. The summed E-state index contributed by atoms with van der Waals surface area (Å²) in [7, 11) is 0. The molecule has 0 aromatic heterocycles. The Labute approximate surface area is 72.5 Å². The van der Waals surface area contributed by atoms with Crippen LogP contribution in [0.15, 0.2) is 24.8 Å². The minimum absolute atomic E-state index is 0.616. The highest BCUT2D eigenvalue weighted by Crippen LogP contribution is 2.16. The lowest BCUT2D eigenvalue weighted by Crippen LogP contribution is -2.04. The van der Waals surface area contributed by atoms with E-state index in [9.17, 15) is 18.0 Å². The third-order valence-electron chi connectivity index (χ3n) is 1.48. The highest BCUT2D eigenvalue weighted by atomic mass is 19.2. The lowest BCUT2D eigenvalue weighted by atomic mass is 10.1. The SMILES string of the molecule is C=CC(=O)c1c(F)ccc(F)c1F. The molecule has 0 atom stereocenters. The highest BCUT2D eigenvalue weighted by Gasteiger charge is 2.17. The zero-order chi connectivity index (χ0) is 10.0. The van der Waals surface area contributed by atoms with E-state index in [1.807, 2.05) is 0 Å². The first-order valence-corrected chi connectivity index (χ1v) is 3.38. The standard InChI is InChI=1S/C9H5F3O/c1-2-7(13)8-5(10)3-4-6(11)9(8)12/h2-4H,1H2. The van der Waals surface area contributed by atoms with Crippen molar-refractivity contribution in [2.24, 2.45) is 0 Å². The predicted octanol–water partition coefficient (Wildman–Crippen LogP) is 2.47. The van der Waals surface area contributed by atoms with Crippen molar-refractivity contribution in [3.8, 4) is 0 Å². The minimum atomic E-state index is -1.48. The largest absolute Gasteiger partial charge is 0.289 e. The molecule has 0 bridgehead atoms. The second-order valence-corrected chi connectivity index (χ2v) is 2.29. The second kappa shape index (κ2) is 3.43. The lowest BCUT2D eigenvalue weighted by Gasteiger charge is -2.00. The molecule has 0 heterocycles. The molecular weight excluding hydrogens is 181 g/mol. The quantitative estimate of drug-likeness (QED) is 0.394. The van der Waals surface area contributed by atoms with Crippen LogP contribution in [0.5, 0.6) is 0 Å². The van der Waals surface area contributed by atoms with Crippen LogP contribution in [-0.4, -0.2) is 5.78 Å². The maximum absolute atomic E-state index is 12.8. The summed E-state index contributed by atoms with van der Waals surface area (Å²) in [5, 5.41) is 0. The molecule has 0 aliphatic carbocycles. The highest BCUT2D eigenvalue weighted by molar-refractivity contribution is 6.04. The first-order chi connectivity index (χ1) is 6.07. The van der Waals surface area contributed by atoms with Gasteiger partial charge in [0.2, 0.25) is 0 Å². The normalized spacial score (nSPS) is 9.77. The molecular formula is C9H5F3O. The van der Waals surface area contributed by atoms with E-state index in [0.29, 0.717) is 12.1 Å². The van der Waals surface area contributed by atoms with Gasteiger partial charge in [-0.25, -0.2) is 13.2 Å². The van der Waals surface area contributed by atoms with Gasteiger partial charge in [-0.2, -0.15) is 0 Å². The number of hydrogen-bond donors (Lipinski definition) is 0. The van der Waals surface area contributed by atoms with E-state index < -0.39 is 28.8 Å². The van der Waals surface area contributed by atoms with E-state index in [-0.39, 0.29) is 0 Å². The van der Waals surface area contributed by atoms with E-state index in [4.69, 9.17) is 0 Å². The lowest BCUT2D eigenvalue weighted by molar-refractivity contribution is 0.103. The predicted molar refractivity (Wildman–Crippen MR) is 40.8 cm³/mol. The van der Waals surface area contributed by atoms with Crippen molar-refractivity contribution in [1.82, 2.24) is 0 Å². The Morgan fingerprint density at radius 3 is 2.31 bits per heavy atom. The molecule has 0 saturated heterocycles. The molecule has 0 N–H and O–H groups in total. The van der Waals surface area contributed by atoms with E-state index in [1.165, 1.54) is 0 Å². The van der Waals surface area contributed by atoms with Crippen LogP contribution in [-0.2, 0) is 0 Å². The zero-order valence-corrected chi connectivity index (χ0v) is 6.48. The maximum Gasteiger partial charge on any atom is 0.191 e. The third kappa shape index (κ3) is 1.61. The number of rotatable bonds is 2. The van der Waals surface area contributed by atoms with Crippen molar-refractivity contribution >= 4 is 5.78 Å². The molecule has 0 fully saturated rings. The van der Waals surface area contributed by atoms with Gasteiger partial charge in [0.05, 0.1) is 5.56 Å². The smallest absolute Gasteiger partial charge is 0.191 e. The first-order valence-electron chi connectivity index (χ1n) is 3.38. The summed E-state index contributed by atoms with van der Waals surface area (Å²) in [6.45, 7) is 3.04. The molecule has 1 nitrogen and oxygen atoms in total. The molecule has 13 heavy (non-hydrogen) atoms.